The second-order valence-electron chi connectivity index (χ2n) is 7.38. The maximum absolute atomic E-state index is 5.58. The van der Waals surface area contributed by atoms with Crippen molar-refractivity contribution < 1.29 is 4.74 Å². The molecule has 0 radical (unpaired) electrons. The number of nitrogens with one attached hydrogen (secondary N) is 2. The average molecular weight is 392 g/mol. The van der Waals surface area contributed by atoms with Crippen LogP contribution in [0.2, 0.25) is 0 Å². The minimum atomic E-state index is 0.703. The first-order chi connectivity index (χ1) is 14.2. The minimum absolute atomic E-state index is 0.703. The molecule has 152 valence electrons. The highest BCUT2D eigenvalue weighted by Gasteiger charge is 2.11. The molecule has 1 aliphatic rings. The molecule has 0 spiro atoms. The monoisotopic (exact) mass is 391 g/mol. The first-order valence-corrected chi connectivity index (χ1v) is 10.4. The van der Waals surface area contributed by atoms with Gasteiger partial charge in [-0.05, 0) is 49.1 Å². The van der Waals surface area contributed by atoms with E-state index in [1.54, 1.807) is 0 Å². The second kappa shape index (κ2) is 8.99. The maximum Gasteiger partial charge on any atom is 0.191 e. The van der Waals surface area contributed by atoms with Gasteiger partial charge in [0.15, 0.2) is 5.96 Å². The van der Waals surface area contributed by atoms with Crippen LogP contribution in [0.4, 0.5) is 0 Å². The third-order valence-corrected chi connectivity index (χ3v) is 5.17. The van der Waals surface area contributed by atoms with Crippen LogP contribution in [0.3, 0.4) is 0 Å². The van der Waals surface area contributed by atoms with Crippen LogP contribution < -0.4 is 15.4 Å². The van der Waals surface area contributed by atoms with Crippen LogP contribution in [-0.2, 0) is 19.3 Å². The summed E-state index contributed by atoms with van der Waals surface area (Å²) in [6.45, 7) is 7.37. The number of nitrogens with zero attached hydrogens (tertiary/aromatic N) is 3. The first-order valence-electron chi connectivity index (χ1n) is 10.4. The van der Waals surface area contributed by atoms with E-state index in [9.17, 15) is 0 Å². The van der Waals surface area contributed by atoms with Gasteiger partial charge in [-0.25, -0.2) is 4.98 Å². The summed E-state index contributed by atoms with van der Waals surface area (Å²) in [5.41, 5.74) is 5.94. The number of hydrogen-bond acceptors (Lipinski definition) is 3. The lowest BCUT2D eigenvalue weighted by Gasteiger charge is -2.11. The van der Waals surface area contributed by atoms with Gasteiger partial charge >= 0.3 is 0 Å². The van der Waals surface area contributed by atoms with Crippen molar-refractivity contribution in [1.29, 1.82) is 0 Å². The molecule has 0 fully saturated rings. The normalized spacial score (nSPS) is 13.4. The Morgan fingerprint density at radius 1 is 1.24 bits per heavy atom. The number of benzene rings is 1. The predicted molar refractivity (Wildman–Crippen MR) is 117 cm³/mol. The number of aryl methyl sites for hydroxylation is 1. The predicted octanol–water partition coefficient (Wildman–Crippen LogP) is 2.92. The Kier molecular flexibility index (Phi) is 5.98. The summed E-state index contributed by atoms with van der Waals surface area (Å²) in [7, 11) is 0. The Hall–Kier alpha value is -3.02. The molecule has 6 nitrogen and oxygen atoms in total. The standard InChI is InChI=1S/C23H29N5O/c1-3-24-23(25-11-8-18-6-7-21-19(15-18)10-14-29-21)26-12-9-20-16-28-13-4-5-17(2)22(28)27-20/h4-7,13,15-16H,3,8-12,14H2,1-2H3,(H2,24,25,26). The molecule has 0 atom stereocenters. The molecule has 1 aliphatic heterocycles. The van der Waals surface area contributed by atoms with Crippen LogP contribution in [0.1, 0.15) is 29.3 Å². The average Bonchev–Trinajstić information content (AvgIpc) is 3.35. The molecule has 0 amide bonds. The van der Waals surface area contributed by atoms with Gasteiger partial charge in [0.25, 0.3) is 0 Å². The zero-order valence-electron chi connectivity index (χ0n) is 17.2. The van der Waals surface area contributed by atoms with Gasteiger partial charge in [-0.2, -0.15) is 0 Å². The van der Waals surface area contributed by atoms with E-state index in [0.717, 1.165) is 62.0 Å². The molecule has 3 aromatic rings. The summed E-state index contributed by atoms with van der Waals surface area (Å²) in [6, 6.07) is 10.6. The highest BCUT2D eigenvalue weighted by atomic mass is 16.5. The number of rotatable bonds is 7. The molecule has 2 N–H and O–H groups in total. The zero-order valence-corrected chi connectivity index (χ0v) is 17.2. The Morgan fingerprint density at radius 3 is 3.03 bits per heavy atom. The molecule has 0 unspecified atom stereocenters. The number of guanidine groups is 1. The second-order valence-corrected chi connectivity index (χ2v) is 7.38. The number of aromatic nitrogens is 2. The smallest absolute Gasteiger partial charge is 0.191 e. The molecule has 0 aliphatic carbocycles. The molecule has 0 saturated heterocycles. The van der Waals surface area contributed by atoms with E-state index in [0.29, 0.717) is 6.54 Å². The van der Waals surface area contributed by atoms with E-state index in [2.05, 4.69) is 59.3 Å². The van der Waals surface area contributed by atoms with Crippen molar-refractivity contribution in [2.45, 2.75) is 33.1 Å². The Bertz CT molecular complexity index is 1010. The van der Waals surface area contributed by atoms with Crippen LogP contribution in [0.25, 0.3) is 5.65 Å². The van der Waals surface area contributed by atoms with E-state index in [1.807, 2.05) is 12.3 Å². The lowest BCUT2D eigenvalue weighted by Crippen LogP contribution is -2.38. The third-order valence-electron chi connectivity index (χ3n) is 5.17. The summed E-state index contributed by atoms with van der Waals surface area (Å²) in [5.74, 6) is 1.90. The number of hydrogen-bond donors (Lipinski definition) is 2. The molecule has 4 rings (SSSR count). The molecule has 0 saturated carbocycles. The van der Waals surface area contributed by atoms with E-state index in [4.69, 9.17) is 14.7 Å². The fraction of sp³-hybridized carbons (Fsp3) is 0.391. The van der Waals surface area contributed by atoms with Crippen molar-refractivity contribution in [3.63, 3.8) is 0 Å². The van der Waals surface area contributed by atoms with Crippen molar-refractivity contribution in [2.75, 3.05) is 26.2 Å². The summed E-state index contributed by atoms with van der Waals surface area (Å²) in [6.07, 6.45) is 6.93. The van der Waals surface area contributed by atoms with Gasteiger partial charge in [0.05, 0.1) is 12.3 Å². The highest BCUT2D eigenvalue weighted by molar-refractivity contribution is 5.79. The topological polar surface area (TPSA) is 63.0 Å². The fourth-order valence-corrected chi connectivity index (χ4v) is 3.67. The fourth-order valence-electron chi connectivity index (χ4n) is 3.67. The van der Waals surface area contributed by atoms with Crippen LogP contribution >= 0.6 is 0 Å². The van der Waals surface area contributed by atoms with Crippen LogP contribution in [-0.4, -0.2) is 41.6 Å². The molecule has 6 heteroatoms. The van der Waals surface area contributed by atoms with E-state index >= 15 is 0 Å². The van der Waals surface area contributed by atoms with E-state index in [1.165, 1.54) is 16.7 Å². The molecular formula is C23H29N5O. The van der Waals surface area contributed by atoms with Gasteiger partial charge in [0, 0.05) is 44.9 Å². The Morgan fingerprint density at radius 2 is 2.17 bits per heavy atom. The van der Waals surface area contributed by atoms with Crippen molar-refractivity contribution in [3.8, 4) is 5.75 Å². The number of ether oxygens (including phenoxy) is 1. The van der Waals surface area contributed by atoms with Crippen molar-refractivity contribution in [2.24, 2.45) is 4.99 Å². The van der Waals surface area contributed by atoms with E-state index < -0.39 is 0 Å². The molecule has 29 heavy (non-hydrogen) atoms. The lowest BCUT2D eigenvalue weighted by molar-refractivity contribution is 0.357. The minimum Gasteiger partial charge on any atom is -0.493 e. The van der Waals surface area contributed by atoms with Crippen molar-refractivity contribution in [1.82, 2.24) is 20.0 Å². The van der Waals surface area contributed by atoms with Gasteiger partial charge in [0.1, 0.15) is 11.4 Å². The summed E-state index contributed by atoms with van der Waals surface area (Å²) in [5, 5.41) is 6.77. The van der Waals surface area contributed by atoms with Gasteiger partial charge in [0.2, 0.25) is 0 Å². The third kappa shape index (κ3) is 4.70. The summed E-state index contributed by atoms with van der Waals surface area (Å²) >= 11 is 0. The molecule has 0 bridgehead atoms. The van der Waals surface area contributed by atoms with Gasteiger partial charge in [-0.15, -0.1) is 0 Å². The zero-order chi connectivity index (χ0) is 20.1. The Balaban J connectivity index is 1.30. The quantitative estimate of drug-likeness (QED) is 0.480. The van der Waals surface area contributed by atoms with Crippen LogP contribution in [0.15, 0.2) is 47.7 Å². The number of pyridine rings is 1. The molecule has 2 aromatic heterocycles. The molecule has 1 aromatic carbocycles. The van der Waals surface area contributed by atoms with E-state index in [-0.39, 0.29) is 0 Å². The summed E-state index contributed by atoms with van der Waals surface area (Å²) in [4.78, 5) is 9.44. The Labute approximate surface area is 172 Å². The lowest BCUT2D eigenvalue weighted by atomic mass is 10.1. The molecule has 3 heterocycles. The van der Waals surface area contributed by atoms with Gasteiger partial charge in [-0.3, -0.25) is 4.99 Å². The largest absolute Gasteiger partial charge is 0.493 e. The van der Waals surface area contributed by atoms with Gasteiger partial charge in [-0.1, -0.05) is 18.2 Å². The summed E-state index contributed by atoms with van der Waals surface area (Å²) < 4.78 is 7.67. The van der Waals surface area contributed by atoms with Crippen LogP contribution in [0, 0.1) is 6.92 Å². The first kappa shape index (κ1) is 19.3. The van der Waals surface area contributed by atoms with Gasteiger partial charge < -0.3 is 19.8 Å². The molecular weight excluding hydrogens is 362 g/mol. The van der Waals surface area contributed by atoms with Crippen molar-refractivity contribution >= 4 is 11.6 Å². The maximum atomic E-state index is 5.58. The number of aliphatic imine (C=N–C) groups is 1. The van der Waals surface area contributed by atoms with Crippen molar-refractivity contribution in [3.05, 3.63) is 65.1 Å². The van der Waals surface area contributed by atoms with Crippen LogP contribution in [0.5, 0.6) is 5.75 Å². The number of imidazole rings is 1. The number of fused-ring (bicyclic) bond motifs is 2. The SMILES string of the molecule is CCNC(=NCCc1cn2cccc(C)c2n1)NCCc1ccc2c(c1)CCO2. The highest BCUT2D eigenvalue weighted by Crippen LogP contribution is 2.25.